The molecule has 0 aliphatic rings. The summed E-state index contributed by atoms with van der Waals surface area (Å²) in [6.45, 7) is 0. The molecule has 0 fully saturated rings. The van der Waals surface area contributed by atoms with Crippen LogP contribution in [0.15, 0.2) is 6.07 Å². The van der Waals surface area contributed by atoms with Gasteiger partial charge in [0.2, 0.25) is 0 Å². The minimum absolute atomic E-state index is 0.133. The van der Waals surface area contributed by atoms with E-state index in [4.69, 9.17) is 16.9 Å². The molecule has 1 aromatic rings. The van der Waals surface area contributed by atoms with Crippen LogP contribution in [0.1, 0.15) is 23.4 Å². The summed E-state index contributed by atoms with van der Waals surface area (Å²) >= 11 is 5.29. The summed E-state index contributed by atoms with van der Waals surface area (Å²) in [6, 6.07) is 1.36. The number of pyridine rings is 1. The molecule has 0 bridgehead atoms. The van der Waals surface area contributed by atoms with Gasteiger partial charge in [-0.15, -0.1) is 0 Å². The van der Waals surface area contributed by atoms with Gasteiger partial charge >= 0.3 is 6.18 Å². The Labute approximate surface area is 91.3 Å². The standard InChI is InChI=1S/C8H2ClF5N2/c9-6-3(7(10)11)1-5(8(12,13)14)16-4(6)2-15/h1,7H. The first-order valence-electron chi connectivity index (χ1n) is 3.73. The van der Waals surface area contributed by atoms with Crippen molar-refractivity contribution in [1.82, 2.24) is 4.98 Å². The lowest BCUT2D eigenvalue weighted by molar-refractivity contribution is -0.141. The predicted octanol–water partition coefficient (Wildman–Crippen LogP) is 3.56. The summed E-state index contributed by atoms with van der Waals surface area (Å²) in [5.74, 6) is 0. The van der Waals surface area contributed by atoms with Gasteiger partial charge in [0.15, 0.2) is 5.69 Å². The van der Waals surface area contributed by atoms with E-state index in [0.717, 1.165) is 0 Å². The summed E-state index contributed by atoms with van der Waals surface area (Å²) in [5.41, 5.74) is -3.49. The average Bonchev–Trinajstić information content (AvgIpc) is 2.15. The molecule has 0 atom stereocenters. The summed E-state index contributed by atoms with van der Waals surface area (Å²) in [4.78, 5) is 2.85. The molecule has 1 aromatic heterocycles. The zero-order chi connectivity index (χ0) is 12.5. The van der Waals surface area contributed by atoms with Gasteiger partial charge in [-0.2, -0.15) is 18.4 Å². The van der Waals surface area contributed by atoms with Gasteiger partial charge in [-0.3, -0.25) is 0 Å². The summed E-state index contributed by atoms with van der Waals surface area (Å²) in [7, 11) is 0. The Kier molecular flexibility index (Phi) is 3.33. The van der Waals surface area contributed by atoms with Crippen molar-refractivity contribution in [2.45, 2.75) is 12.6 Å². The highest BCUT2D eigenvalue weighted by Gasteiger charge is 2.35. The Morgan fingerprint density at radius 1 is 1.38 bits per heavy atom. The molecule has 0 aliphatic carbocycles. The molecule has 1 heterocycles. The van der Waals surface area contributed by atoms with Crippen LogP contribution in [-0.4, -0.2) is 4.98 Å². The zero-order valence-electron chi connectivity index (χ0n) is 7.32. The van der Waals surface area contributed by atoms with E-state index in [1.807, 2.05) is 0 Å². The predicted molar refractivity (Wildman–Crippen MR) is 43.9 cm³/mol. The van der Waals surface area contributed by atoms with Crippen LogP contribution >= 0.6 is 11.6 Å². The third-order valence-corrected chi connectivity index (χ3v) is 2.01. The molecule has 0 saturated carbocycles. The van der Waals surface area contributed by atoms with Crippen molar-refractivity contribution in [1.29, 1.82) is 5.26 Å². The average molecular weight is 257 g/mol. The molecule has 0 unspecified atom stereocenters. The molecule has 0 radical (unpaired) electrons. The quantitative estimate of drug-likeness (QED) is 0.720. The van der Waals surface area contributed by atoms with Gasteiger partial charge in [0.1, 0.15) is 11.8 Å². The van der Waals surface area contributed by atoms with Gasteiger partial charge in [-0.25, -0.2) is 13.8 Å². The van der Waals surface area contributed by atoms with Gasteiger partial charge in [-0.05, 0) is 6.07 Å². The maximum atomic E-state index is 12.3. The van der Waals surface area contributed by atoms with Crippen molar-refractivity contribution in [3.8, 4) is 6.07 Å². The Morgan fingerprint density at radius 2 is 1.94 bits per heavy atom. The van der Waals surface area contributed by atoms with E-state index in [0.29, 0.717) is 0 Å². The van der Waals surface area contributed by atoms with Crippen LogP contribution < -0.4 is 0 Å². The number of nitrogens with zero attached hydrogens (tertiary/aromatic N) is 2. The number of alkyl halides is 5. The largest absolute Gasteiger partial charge is 0.433 e. The van der Waals surface area contributed by atoms with Gasteiger partial charge < -0.3 is 0 Å². The molecule has 8 heteroatoms. The van der Waals surface area contributed by atoms with E-state index < -0.39 is 34.6 Å². The topological polar surface area (TPSA) is 36.7 Å². The van der Waals surface area contributed by atoms with Crippen LogP contribution in [0.5, 0.6) is 0 Å². The fourth-order valence-corrected chi connectivity index (χ4v) is 1.15. The van der Waals surface area contributed by atoms with Gasteiger partial charge in [0.05, 0.1) is 5.02 Å². The van der Waals surface area contributed by atoms with Crippen LogP contribution in [0, 0.1) is 11.3 Å². The molecule has 1 rings (SSSR count). The maximum Gasteiger partial charge on any atom is 0.433 e. The van der Waals surface area contributed by atoms with Crippen molar-refractivity contribution >= 4 is 11.6 Å². The first-order valence-corrected chi connectivity index (χ1v) is 4.11. The number of nitriles is 1. The first kappa shape index (κ1) is 12.6. The molecule has 0 aliphatic heterocycles. The molecule has 16 heavy (non-hydrogen) atoms. The highest BCUT2D eigenvalue weighted by Crippen LogP contribution is 2.35. The normalized spacial score (nSPS) is 11.6. The van der Waals surface area contributed by atoms with Crippen molar-refractivity contribution in [3.05, 3.63) is 28.0 Å². The Hall–Kier alpha value is -1.42. The smallest absolute Gasteiger partial charge is 0.231 e. The fraction of sp³-hybridized carbons (Fsp3) is 0.250. The third kappa shape index (κ3) is 2.39. The summed E-state index contributed by atoms with van der Waals surface area (Å²) in [5, 5.41) is 7.65. The number of hydrogen-bond donors (Lipinski definition) is 0. The van der Waals surface area contributed by atoms with E-state index in [-0.39, 0.29) is 6.07 Å². The number of hydrogen-bond acceptors (Lipinski definition) is 2. The number of rotatable bonds is 1. The number of aromatic nitrogens is 1. The molecular weight excluding hydrogens is 255 g/mol. The molecule has 0 saturated heterocycles. The molecular formula is C8H2ClF5N2. The second-order valence-electron chi connectivity index (χ2n) is 2.67. The highest BCUT2D eigenvalue weighted by molar-refractivity contribution is 6.32. The fourth-order valence-electron chi connectivity index (χ4n) is 0.927. The SMILES string of the molecule is N#Cc1nc(C(F)(F)F)cc(C(F)F)c1Cl. The van der Waals surface area contributed by atoms with Crippen molar-refractivity contribution in [2.75, 3.05) is 0 Å². The molecule has 0 amide bonds. The van der Waals surface area contributed by atoms with E-state index in [2.05, 4.69) is 4.98 Å². The Balaban J connectivity index is 3.48. The van der Waals surface area contributed by atoms with Crippen LogP contribution in [0.2, 0.25) is 5.02 Å². The molecule has 0 aromatic carbocycles. The minimum atomic E-state index is -4.90. The highest BCUT2D eigenvalue weighted by atomic mass is 35.5. The minimum Gasteiger partial charge on any atom is -0.231 e. The van der Waals surface area contributed by atoms with Crippen molar-refractivity contribution in [3.63, 3.8) is 0 Å². The zero-order valence-corrected chi connectivity index (χ0v) is 8.07. The Morgan fingerprint density at radius 3 is 2.31 bits per heavy atom. The van der Waals surface area contributed by atoms with E-state index in [1.54, 1.807) is 0 Å². The molecule has 0 N–H and O–H groups in total. The van der Waals surface area contributed by atoms with Crippen LogP contribution in [0.3, 0.4) is 0 Å². The third-order valence-electron chi connectivity index (χ3n) is 1.62. The lowest BCUT2D eigenvalue weighted by Gasteiger charge is -2.10. The van der Waals surface area contributed by atoms with Crippen LogP contribution in [-0.2, 0) is 6.18 Å². The lowest BCUT2D eigenvalue weighted by Crippen LogP contribution is -2.10. The van der Waals surface area contributed by atoms with Crippen LogP contribution in [0.25, 0.3) is 0 Å². The molecule has 2 nitrogen and oxygen atoms in total. The molecule has 0 spiro atoms. The lowest BCUT2D eigenvalue weighted by atomic mass is 10.2. The van der Waals surface area contributed by atoms with Crippen molar-refractivity contribution < 1.29 is 22.0 Å². The van der Waals surface area contributed by atoms with Gasteiger partial charge in [0.25, 0.3) is 6.43 Å². The second kappa shape index (κ2) is 4.22. The maximum absolute atomic E-state index is 12.3. The van der Waals surface area contributed by atoms with Gasteiger partial charge in [-0.1, -0.05) is 11.6 Å². The van der Waals surface area contributed by atoms with Gasteiger partial charge in [0, 0.05) is 5.56 Å². The van der Waals surface area contributed by atoms with E-state index in [1.165, 1.54) is 6.07 Å². The van der Waals surface area contributed by atoms with Crippen molar-refractivity contribution in [2.24, 2.45) is 0 Å². The second-order valence-corrected chi connectivity index (χ2v) is 3.05. The molecule has 86 valence electrons. The first-order chi connectivity index (χ1) is 7.27. The van der Waals surface area contributed by atoms with Crippen LogP contribution in [0.4, 0.5) is 22.0 Å². The summed E-state index contributed by atoms with van der Waals surface area (Å²) < 4.78 is 61.3. The monoisotopic (exact) mass is 256 g/mol. The number of halogens is 6. The Bertz CT molecular complexity index is 449. The van der Waals surface area contributed by atoms with E-state index >= 15 is 0 Å². The summed E-state index contributed by atoms with van der Waals surface area (Å²) in [6.07, 6.45) is -8.11. The van der Waals surface area contributed by atoms with E-state index in [9.17, 15) is 22.0 Å².